The summed E-state index contributed by atoms with van der Waals surface area (Å²) in [5.74, 6) is 1.24. The molecule has 3 heterocycles. The molecule has 0 N–H and O–H groups in total. The summed E-state index contributed by atoms with van der Waals surface area (Å²) in [6.45, 7) is 12.0. The highest BCUT2D eigenvalue weighted by atomic mass is 35.5. The van der Waals surface area contributed by atoms with Gasteiger partial charge in [-0.3, -0.25) is 9.36 Å². The Morgan fingerprint density at radius 3 is 2.40 bits per heavy atom. The van der Waals surface area contributed by atoms with Crippen LogP contribution in [0, 0.1) is 13.8 Å². The summed E-state index contributed by atoms with van der Waals surface area (Å²) in [6, 6.07) is 20.0. The normalized spacial score (nSPS) is 14.3. The van der Waals surface area contributed by atoms with Gasteiger partial charge in [0.25, 0.3) is 5.56 Å². The molecule has 0 amide bonds. The number of hydrogen-bond acceptors (Lipinski definition) is 8. The number of fused-ring (bicyclic) bond motifs is 1. The molecular formula is C40H39Cl2N3O6S. The van der Waals surface area contributed by atoms with Crippen LogP contribution in [-0.4, -0.2) is 34.9 Å². The highest BCUT2D eigenvalue weighted by Gasteiger charge is 2.34. The summed E-state index contributed by atoms with van der Waals surface area (Å²) in [5.41, 5.74) is 5.89. The molecular weight excluding hydrogens is 721 g/mol. The maximum Gasteiger partial charge on any atom is 0.338 e. The lowest BCUT2D eigenvalue weighted by Crippen LogP contribution is -2.40. The number of carbonyl (C=O) groups excluding carboxylic acids is 1. The average molecular weight is 761 g/mol. The highest BCUT2D eigenvalue weighted by molar-refractivity contribution is 7.07. The van der Waals surface area contributed by atoms with Crippen LogP contribution < -0.4 is 29.1 Å². The number of ether oxygens (including phenoxy) is 4. The largest absolute Gasteiger partial charge is 0.493 e. The topological polar surface area (TPSA) is 93.3 Å². The summed E-state index contributed by atoms with van der Waals surface area (Å²) < 4.78 is 27.2. The molecule has 0 unspecified atom stereocenters. The molecule has 2 aromatic heterocycles. The van der Waals surface area contributed by atoms with E-state index in [-0.39, 0.29) is 18.3 Å². The fourth-order valence-corrected chi connectivity index (χ4v) is 7.63. The molecule has 3 aromatic carbocycles. The molecule has 270 valence electrons. The summed E-state index contributed by atoms with van der Waals surface area (Å²) in [6.07, 6.45) is 1.81. The van der Waals surface area contributed by atoms with Crippen LogP contribution >= 0.6 is 34.5 Å². The van der Waals surface area contributed by atoms with E-state index < -0.39 is 12.0 Å². The van der Waals surface area contributed by atoms with Crippen LogP contribution in [0.3, 0.4) is 0 Å². The summed E-state index contributed by atoms with van der Waals surface area (Å²) >= 11 is 13.5. The molecule has 0 radical (unpaired) electrons. The van der Waals surface area contributed by atoms with Crippen LogP contribution in [0.15, 0.2) is 87.8 Å². The van der Waals surface area contributed by atoms with Gasteiger partial charge >= 0.3 is 5.97 Å². The maximum absolute atomic E-state index is 14.3. The van der Waals surface area contributed by atoms with Gasteiger partial charge in [0.1, 0.15) is 12.4 Å². The molecule has 12 heteroatoms. The van der Waals surface area contributed by atoms with Crippen molar-refractivity contribution in [3.05, 3.63) is 136 Å². The molecule has 0 fully saturated rings. The van der Waals surface area contributed by atoms with Crippen LogP contribution in [0.4, 0.5) is 0 Å². The van der Waals surface area contributed by atoms with E-state index in [0.29, 0.717) is 60.1 Å². The van der Waals surface area contributed by atoms with Gasteiger partial charge in [0.2, 0.25) is 0 Å². The van der Waals surface area contributed by atoms with E-state index in [4.69, 9.17) is 47.1 Å². The quantitative estimate of drug-likeness (QED) is 0.127. The van der Waals surface area contributed by atoms with E-state index in [2.05, 4.69) is 4.57 Å². The van der Waals surface area contributed by atoms with Crippen LogP contribution in [0.5, 0.6) is 17.2 Å². The Labute approximate surface area is 316 Å². The Hall–Kier alpha value is -4.77. The van der Waals surface area contributed by atoms with Crippen LogP contribution in [0.25, 0.3) is 11.8 Å². The number of thiazole rings is 1. The second-order valence-corrected chi connectivity index (χ2v) is 14.4. The molecule has 6 rings (SSSR count). The van der Waals surface area contributed by atoms with Crippen molar-refractivity contribution >= 4 is 46.6 Å². The fourth-order valence-electron chi connectivity index (χ4n) is 6.27. The molecule has 9 nitrogen and oxygen atoms in total. The number of aryl methyl sites for hydroxylation is 1. The zero-order chi connectivity index (χ0) is 37.3. The van der Waals surface area contributed by atoms with Crippen molar-refractivity contribution in [1.82, 2.24) is 9.13 Å². The van der Waals surface area contributed by atoms with Gasteiger partial charge in [-0.2, -0.15) is 0 Å². The third-order valence-corrected chi connectivity index (χ3v) is 10.3. The minimum absolute atomic E-state index is 0.0729. The fraction of sp³-hybridized carbons (Fsp3) is 0.275. The minimum atomic E-state index is -0.788. The van der Waals surface area contributed by atoms with E-state index in [9.17, 15) is 9.59 Å². The van der Waals surface area contributed by atoms with Gasteiger partial charge < -0.3 is 23.5 Å². The lowest BCUT2D eigenvalue weighted by Gasteiger charge is -2.25. The second kappa shape index (κ2) is 15.5. The third-order valence-electron chi connectivity index (χ3n) is 8.62. The average Bonchev–Trinajstić information content (AvgIpc) is 3.57. The van der Waals surface area contributed by atoms with E-state index in [0.717, 1.165) is 28.2 Å². The van der Waals surface area contributed by atoms with Gasteiger partial charge in [0.15, 0.2) is 16.3 Å². The third kappa shape index (κ3) is 7.42. The van der Waals surface area contributed by atoms with Gasteiger partial charge in [-0.25, -0.2) is 9.79 Å². The van der Waals surface area contributed by atoms with Crippen molar-refractivity contribution in [2.45, 2.75) is 60.3 Å². The number of halogens is 2. The Morgan fingerprint density at radius 2 is 1.73 bits per heavy atom. The van der Waals surface area contributed by atoms with Gasteiger partial charge in [0.05, 0.1) is 51.7 Å². The molecule has 0 aliphatic carbocycles. The SMILES string of the molecule is CCOC(=O)C1=C(C)N=c2s/c(=C/c3cc(C)n(-c4ccc(OCc5ccc(Cl)c(Cl)c5)cc4)c3C)c(=O)n2[C@@H]1c1ccc(OC(C)C)c(OC)c1. The molecule has 0 spiro atoms. The van der Waals surface area contributed by atoms with Crippen molar-refractivity contribution in [2.24, 2.45) is 4.99 Å². The number of methoxy groups -OCH3 is 1. The molecule has 1 aliphatic rings. The summed E-state index contributed by atoms with van der Waals surface area (Å²) in [4.78, 5) is 32.9. The van der Waals surface area contributed by atoms with Gasteiger partial charge in [0, 0.05) is 17.1 Å². The van der Waals surface area contributed by atoms with E-state index >= 15 is 0 Å². The molecule has 52 heavy (non-hydrogen) atoms. The number of allylic oxidation sites excluding steroid dienone is 1. The zero-order valence-electron chi connectivity index (χ0n) is 30.0. The Kier molecular flexibility index (Phi) is 11.0. The number of hydrogen-bond donors (Lipinski definition) is 0. The van der Waals surface area contributed by atoms with Crippen molar-refractivity contribution in [3.8, 4) is 22.9 Å². The first-order valence-corrected chi connectivity index (χ1v) is 18.4. The summed E-state index contributed by atoms with van der Waals surface area (Å²) in [7, 11) is 1.56. The predicted molar refractivity (Wildman–Crippen MR) is 205 cm³/mol. The van der Waals surface area contributed by atoms with Crippen molar-refractivity contribution in [2.75, 3.05) is 13.7 Å². The van der Waals surface area contributed by atoms with Crippen molar-refractivity contribution in [1.29, 1.82) is 0 Å². The standard InChI is InChI=1S/C40H39Cl2N3O6S/c1-8-49-39(47)36-24(5)43-40-45(37(36)27-10-16-33(51-22(2)3)34(19-27)48-7)38(46)35(52-40)20-28-17-23(4)44(25(28)6)29-11-13-30(14-12-29)50-21-26-9-15-31(41)32(42)18-26/h9-20,22,37H,8,21H2,1-7H3/b35-20+/t37-/m1/s1. The molecule has 5 aromatic rings. The monoisotopic (exact) mass is 759 g/mol. The first kappa shape index (κ1) is 37.0. The van der Waals surface area contributed by atoms with Crippen molar-refractivity contribution in [3.63, 3.8) is 0 Å². The van der Waals surface area contributed by atoms with E-state index in [1.165, 1.54) is 11.3 Å². The van der Waals surface area contributed by atoms with Gasteiger partial charge in [-0.1, -0.05) is 46.7 Å². The van der Waals surface area contributed by atoms with E-state index in [1.807, 2.05) is 76.2 Å². The number of esters is 1. The maximum atomic E-state index is 14.3. The molecule has 0 saturated heterocycles. The highest BCUT2D eigenvalue weighted by Crippen LogP contribution is 2.37. The number of benzene rings is 3. The lowest BCUT2D eigenvalue weighted by atomic mass is 9.95. The molecule has 0 bridgehead atoms. The first-order valence-electron chi connectivity index (χ1n) is 16.8. The lowest BCUT2D eigenvalue weighted by molar-refractivity contribution is -0.139. The van der Waals surface area contributed by atoms with Crippen LogP contribution in [0.2, 0.25) is 10.0 Å². The molecule has 1 aliphatic heterocycles. The van der Waals surface area contributed by atoms with Gasteiger partial charge in [-0.05, 0) is 119 Å². The predicted octanol–water partition coefficient (Wildman–Crippen LogP) is 7.89. The van der Waals surface area contributed by atoms with Crippen molar-refractivity contribution < 1.29 is 23.7 Å². The second-order valence-electron chi connectivity index (χ2n) is 12.6. The number of rotatable bonds is 11. The molecule has 1 atom stereocenters. The smallest absolute Gasteiger partial charge is 0.338 e. The van der Waals surface area contributed by atoms with Crippen LogP contribution in [0.1, 0.15) is 61.8 Å². The zero-order valence-corrected chi connectivity index (χ0v) is 32.3. The number of carbonyl (C=O) groups is 1. The minimum Gasteiger partial charge on any atom is -0.493 e. The Morgan fingerprint density at radius 1 is 0.981 bits per heavy atom. The number of aromatic nitrogens is 2. The van der Waals surface area contributed by atoms with Gasteiger partial charge in [-0.15, -0.1) is 0 Å². The first-order chi connectivity index (χ1) is 24.9. The Bertz CT molecular complexity index is 2370. The van der Waals surface area contributed by atoms with E-state index in [1.54, 1.807) is 49.8 Å². The van der Waals surface area contributed by atoms with Crippen LogP contribution in [-0.2, 0) is 16.1 Å². The summed E-state index contributed by atoms with van der Waals surface area (Å²) in [5, 5.41) is 0.988. The Balaban J connectivity index is 1.36. The number of nitrogens with zero attached hydrogens (tertiary/aromatic N) is 3. The molecule has 0 saturated carbocycles.